The Morgan fingerprint density at radius 3 is 2.21 bits per heavy atom. The number of hydrogen-bond acceptors (Lipinski definition) is 3. The van der Waals surface area contributed by atoms with E-state index in [-0.39, 0.29) is 6.42 Å². The average Bonchev–Trinajstić information content (AvgIpc) is 2.60. The van der Waals surface area contributed by atoms with Gasteiger partial charge < -0.3 is 15.7 Å². The highest BCUT2D eigenvalue weighted by atomic mass is 19.4. The summed E-state index contributed by atoms with van der Waals surface area (Å²) in [6, 6.07) is 0. The third-order valence-electron chi connectivity index (χ3n) is 3.15. The highest BCUT2D eigenvalue weighted by Crippen LogP contribution is 2.31. The molecule has 0 atom stereocenters. The van der Waals surface area contributed by atoms with Crippen LogP contribution in [0.1, 0.15) is 32.1 Å². The summed E-state index contributed by atoms with van der Waals surface area (Å²) in [6.45, 7) is -2.53. The van der Waals surface area contributed by atoms with Crippen LogP contribution in [-0.2, 0) is 9.59 Å². The number of hydrogen-bond donors (Lipinski definition) is 2. The van der Waals surface area contributed by atoms with Crippen LogP contribution in [0.5, 0.6) is 0 Å². The molecule has 110 valence electrons. The Labute approximate surface area is 108 Å². The molecule has 0 spiro atoms. The summed E-state index contributed by atoms with van der Waals surface area (Å²) >= 11 is 0. The van der Waals surface area contributed by atoms with Crippen molar-refractivity contribution in [1.29, 1.82) is 0 Å². The largest absolute Gasteiger partial charge is 0.480 e. The van der Waals surface area contributed by atoms with Crippen LogP contribution in [-0.4, -0.2) is 46.7 Å². The normalized spacial score (nSPS) is 18.3. The van der Waals surface area contributed by atoms with Gasteiger partial charge in [0.25, 0.3) is 0 Å². The fraction of sp³-hybridized carbons (Fsp3) is 0.818. The number of alkyl halides is 3. The zero-order valence-corrected chi connectivity index (χ0v) is 10.4. The molecule has 8 heteroatoms. The lowest BCUT2D eigenvalue weighted by atomic mass is 9.94. The van der Waals surface area contributed by atoms with Gasteiger partial charge in [0.15, 0.2) is 0 Å². The average molecular weight is 282 g/mol. The molecule has 1 saturated carbocycles. The zero-order valence-electron chi connectivity index (χ0n) is 10.4. The Kier molecular flexibility index (Phi) is 4.78. The second kappa shape index (κ2) is 5.77. The molecule has 0 heterocycles. The number of amides is 1. The fourth-order valence-electron chi connectivity index (χ4n) is 2.28. The lowest BCUT2D eigenvalue weighted by Gasteiger charge is -2.28. The molecule has 0 saturated heterocycles. The minimum Gasteiger partial charge on any atom is -0.480 e. The first-order valence-corrected chi connectivity index (χ1v) is 5.96. The molecule has 1 amide bonds. The van der Waals surface area contributed by atoms with Crippen molar-refractivity contribution in [3.05, 3.63) is 0 Å². The van der Waals surface area contributed by atoms with Crippen molar-refractivity contribution in [1.82, 2.24) is 4.90 Å². The quantitative estimate of drug-likeness (QED) is 0.791. The van der Waals surface area contributed by atoms with E-state index in [1.54, 1.807) is 0 Å². The predicted molar refractivity (Wildman–Crippen MR) is 60.3 cm³/mol. The fourth-order valence-corrected chi connectivity index (χ4v) is 2.28. The standard InChI is InChI=1S/C11H17F3N2O3/c12-11(13,14)7-16(6-9(18)19)8(17)5-10(15)3-1-2-4-10/h1-7,15H2,(H,18,19). The minimum atomic E-state index is -4.62. The molecule has 19 heavy (non-hydrogen) atoms. The van der Waals surface area contributed by atoms with E-state index in [1.807, 2.05) is 0 Å². The van der Waals surface area contributed by atoms with Gasteiger partial charge in [0.1, 0.15) is 13.1 Å². The number of carbonyl (C=O) groups is 2. The van der Waals surface area contributed by atoms with E-state index in [1.165, 1.54) is 0 Å². The van der Waals surface area contributed by atoms with Crippen molar-refractivity contribution in [3.8, 4) is 0 Å². The summed E-state index contributed by atoms with van der Waals surface area (Å²) in [5.41, 5.74) is 5.12. The van der Waals surface area contributed by atoms with Crippen LogP contribution in [0, 0.1) is 0 Å². The summed E-state index contributed by atoms with van der Waals surface area (Å²) in [7, 11) is 0. The molecule has 5 nitrogen and oxygen atoms in total. The number of rotatable bonds is 5. The second-order valence-electron chi connectivity index (χ2n) is 5.00. The van der Waals surface area contributed by atoms with E-state index in [9.17, 15) is 22.8 Å². The van der Waals surface area contributed by atoms with E-state index >= 15 is 0 Å². The van der Waals surface area contributed by atoms with Crippen LogP contribution in [0.3, 0.4) is 0 Å². The zero-order chi connectivity index (χ0) is 14.7. The smallest absolute Gasteiger partial charge is 0.406 e. The molecule has 0 aromatic heterocycles. The minimum absolute atomic E-state index is 0.240. The summed E-state index contributed by atoms with van der Waals surface area (Å²) in [5.74, 6) is -2.33. The van der Waals surface area contributed by atoms with Crippen molar-refractivity contribution < 1.29 is 27.9 Å². The molecule has 1 fully saturated rings. The molecule has 0 aromatic carbocycles. The number of carboxylic acid groups (broad SMARTS) is 1. The first-order valence-electron chi connectivity index (χ1n) is 5.96. The number of aliphatic carboxylic acids is 1. The first-order chi connectivity index (χ1) is 8.61. The molecule has 0 aliphatic heterocycles. The molecular weight excluding hydrogens is 265 g/mol. The van der Waals surface area contributed by atoms with E-state index < -0.39 is 36.7 Å². The topological polar surface area (TPSA) is 83.6 Å². The lowest BCUT2D eigenvalue weighted by molar-refractivity contribution is -0.166. The Bertz CT molecular complexity index is 352. The van der Waals surface area contributed by atoms with Gasteiger partial charge >= 0.3 is 12.1 Å². The summed E-state index contributed by atoms with van der Waals surface area (Å²) in [6.07, 6.45) is -2.04. The molecule has 1 rings (SSSR count). The van der Waals surface area contributed by atoms with Crippen molar-refractivity contribution in [2.75, 3.05) is 13.1 Å². The van der Waals surface area contributed by atoms with Gasteiger partial charge in [0, 0.05) is 12.0 Å². The first kappa shape index (κ1) is 15.7. The van der Waals surface area contributed by atoms with Crippen molar-refractivity contribution in [2.24, 2.45) is 5.73 Å². The van der Waals surface area contributed by atoms with Crippen LogP contribution in [0.4, 0.5) is 13.2 Å². The number of carbonyl (C=O) groups excluding carboxylic acids is 1. The molecule has 1 aliphatic carbocycles. The van der Waals surface area contributed by atoms with Gasteiger partial charge in [-0.25, -0.2) is 0 Å². The summed E-state index contributed by atoms with van der Waals surface area (Å²) in [4.78, 5) is 22.6. The van der Waals surface area contributed by atoms with Crippen LogP contribution >= 0.6 is 0 Å². The number of halogens is 3. The molecule has 0 unspecified atom stereocenters. The van der Waals surface area contributed by atoms with Crippen molar-refractivity contribution in [2.45, 2.75) is 43.8 Å². The van der Waals surface area contributed by atoms with Crippen LogP contribution < -0.4 is 5.73 Å². The van der Waals surface area contributed by atoms with E-state index in [0.717, 1.165) is 12.8 Å². The van der Waals surface area contributed by atoms with E-state index in [2.05, 4.69) is 0 Å². The van der Waals surface area contributed by atoms with Gasteiger partial charge in [-0.3, -0.25) is 9.59 Å². The maximum absolute atomic E-state index is 12.3. The Balaban J connectivity index is 2.67. The van der Waals surface area contributed by atoms with Gasteiger partial charge in [0.05, 0.1) is 0 Å². The summed E-state index contributed by atoms with van der Waals surface area (Å²) in [5, 5.41) is 8.56. The maximum atomic E-state index is 12.3. The lowest BCUT2D eigenvalue weighted by Crippen LogP contribution is -2.47. The van der Waals surface area contributed by atoms with E-state index in [0.29, 0.717) is 17.7 Å². The van der Waals surface area contributed by atoms with E-state index in [4.69, 9.17) is 10.8 Å². The molecule has 0 bridgehead atoms. The van der Waals surface area contributed by atoms with Crippen LogP contribution in [0.15, 0.2) is 0 Å². The SMILES string of the molecule is NC1(CC(=O)N(CC(=O)O)CC(F)(F)F)CCCC1. The third kappa shape index (κ3) is 5.46. The van der Waals surface area contributed by atoms with Gasteiger partial charge in [-0.1, -0.05) is 12.8 Å². The molecule has 3 N–H and O–H groups in total. The number of nitrogens with two attached hydrogens (primary N) is 1. The van der Waals surface area contributed by atoms with Gasteiger partial charge in [-0.05, 0) is 12.8 Å². The maximum Gasteiger partial charge on any atom is 0.406 e. The highest BCUT2D eigenvalue weighted by molar-refractivity contribution is 5.82. The third-order valence-corrected chi connectivity index (χ3v) is 3.15. The molecule has 1 aliphatic rings. The molecule has 0 radical (unpaired) electrons. The highest BCUT2D eigenvalue weighted by Gasteiger charge is 2.38. The number of carboxylic acids is 1. The van der Waals surface area contributed by atoms with Crippen molar-refractivity contribution in [3.63, 3.8) is 0 Å². The second-order valence-corrected chi connectivity index (χ2v) is 5.00. The summed E-state index contributed by atoms with van der Waals surface area (Å²) < 4.78 is 36.9. The molecular formula is C11H17F3N2O3. The van der Waals surface area contributed by atoms with Gasteiger partial charge in [-0.15, -0.1) is 0 Å². The van der Waals surface area contributed by atoms with Crippen LogP contribution in [0.2, 0.25) is 0 Å². The van der Waals surface area contributed by atoms with Gasteiger partial charge in [0.2, 0.25) is 5.91 Å². The Morgan fingerprint density at radius 1 is 1.26 bits per heavy atom. The van der Waals surface area contributed by atoms with Crippen LogP contribution in [0.25, 0.3) is 0 Å². The Morgan fingerprint density at radius 2 is 1.79 bits per heavy atom. The molecule has 0 aromatic rings. The Hall–Kier alpha value is -1.31. The monoisotopic (exact) mass is 282 g/mol. The predicted octanol–water partition coefficient (Wildman–Crippen LogP) is 1.12. The number of nitrogens with zero attached hydrogens (tertiary/aromatic N) is 1. The van der Waals surface area contributed by atoms with Crippen molar-refractivity contribution >= 4 is 11.9 Å². The van der Waals surface area contributed by atoms with Gasteiger partial charge in [-0.2, -0.15) is 13.2 Å².